The number of para-hydroxylation sites is 1. The van der Waals surface area contributed by atoms with Gasteiger partial charge in [0.25, 0.3) is 5.91 Å². The summed E-state index contributed by atoms with van der Waals surface area (Å²) >= 11 is 0. The first-order chi connectivity index (χ1) is 14.0. The third-order valence-electron chi connectivity index (χ3n) is 4.79. The lowest BCUT2D eigenvalue weighted by molar-refractivity contribution is 0.0950. The zero-order chi connectivity index (χ0) is 21.0. The minimum atomic E-state index is -0.240. The van der Waals surface area contributed by atoms with E-state index in [0.717, 1.165) is 22.6 Å². The van der Waals surface area contributed by atoms with Crippen LogP contribution < -0.4 is 19.5 Å². The van der Waals surface area contributed by atoms with Gasteiger partial charge in [0.1, 0.15) is 0 Å². The summed E-state index contributed by atoms with van der Waals surface area (Å²) in [5, 5.41) is 7.57. The van der Waals surface area contributed by atoms with Gasteiger partial charge in [-0.05, 0) is 38.1 Å². The van der Waals surface area contributed by atoms with Gasteiger partial charge in [0.15, 0.2) is 11.5 Å². The van der Waals surface area contributed by atoms with E-state index in [4.69, 9.17) is 14.2 Å². The Morgan fingerprint density at radius 2 is 1.62 bits per heavy atom. The van der Waals surface area contributed by atoms with Crippen LogP contribution in [0.4, 0.5) is 0 Å². The van der Waals surface area contributed by atoms with Crippen molar-refractivity contribution in [1.29, 1.82) is 0 Å². The van der Waals surface area contributed by atoms with Crippen LogP contribution >= 0.6 is 0 Å². The summed E-state index contributed by atoms with van der Waals surface area (Å²) < 4.78 is 17.8. The van der Waals surface area contributed by atoms with E-state index in [1.54, 1.807) is 12.1 Å². The van der Waals surface area contributed by atoms with Gasteiger partial charge >= 0.3 is 0 Å². The molecular formula is C22H25N3O4. The second-order valence-electron chi connectivity index (χ2n) is 6.49. The lowest BCUT2D eigenvalue weighted by atomic mass is 10.1. The van der Waals surface area contributed by atoms with Crippen LogP contribution in [0.25, 0.3) is 5.69 Å². The Hall–Kier alpha value is -3.48. The smallest absolute Gasteiger partial charge is 0.251 e. The van der Waals surface area contributed by atoms with E-state index in [9.17, 15) is 4.79 Å². The fraction of sp³-hybridized carbons (Fsp3) is 0.273. The monoisotopic (exact) mass is 395 g/mol. The van der Waals surface area contributed by atoms with E-state index in [1.165, 1.54) is 21.3 Å². The minimum absolute atomic E-state index is 0.240. The molecule has 0 saturated heterocycles. The molecule has 0 aliphatic carbocycles. The molecule has 0 atom stereocenters. The number of aromatic nitrogens is 2. The molecular weight excluding hydrogens is 370 g/mol. The highest BCUT2D eigenvalue weighted by atomic mass is 16.5. The molecule has 0 saturated carbocycles. The summed E-state index contributed by atoms with van der Waals surface area (Å²) in [6.45, 7) is 4.29. The van der Waals surface area contributed by atoms with Gasteiger partial charge in [-0.15, -0.1) is 0 Å². The van der Waals surface area contributed by atoms with E-state index in [2.05, 4.69) is 10.4 Å². The first kappa shape index (κ1) is 20.3. The number of nitrogens with zero attached hydrogens (tertiary/aromatic N) is 2. The maximum Gasteiger partial charge on any atom is 0.251 e. The average molecular weight is 395 g/mol. The Morgan fingerprint density at radius 3 is 2.17 bits per heavy atom. The van der Waals surface area contributed by atoms with Crippen LogP contribution in [0.15, 0.2) is 42.5 Å². The van der Waals surface area contributed by atoms with Crippen LogP contribution in [0.5, 0.6) is 17.2 Å². The molecule has 7 heteroatoms. The maximum atomic E-state index is 12.8. The fourth-order valence-electron chi connectivity index (χ4n) is 3.23. The van der Waals surface area contributed by atoms with Gasteiger partial charge in [0, 0.05) is 23.4 Å². The Bertz CT molecular complexity index is 987. The largest absolute Gasteiger partial charge is 0.493 e. The number of methoxy groups -OCH3 is 3. The molecule has 0 unspecified atom stereocenters. The van der Waals surface area contributed by atoms with Gasteiger partial charge in [-0.3, -0.25) is 4.79 Å². The minimum Gasteiger partial charge on any atom is -0.493 e. The summed E-state index contributed by atoms with van der Waals surface area (Å²) in [5.41, 5.74) is 4.24. The van der Waals surface area contributed by atoms with Crippen molar-refractivity contribution in [3.05, 3.63) is 65.0 Å². The first-order valence-electron chi connectivity index (χ1n) is 9.18. The molecule has 152 valence electrons. The van der Waals surface area contributed by atoms with Crippen molar-refractivity contribution >= 4 is 5.91 Å². The predicted octanol–water partition coefficient (Wildman–Crippen LogP) is 3.44. The van der Waals surface area contributed by atoms with Crippen molar-refractivity contribution < 1.29 is 19.0 Å². The van der Waals surface area contributed by atoms with Gasteiger partial charge < -0.3 is 19.5 Å². The topological polar surface area (TPSA) is 74.6 Å². The molecule has 0 bridgehead atoms. The van der Waals surface area contributed by atoms with E-state index < -0.39 is 0 Å². The number of benzene rings is 2. The van der Waals surface area contributed by atoms with Crippen LogP contribution in [0, 0.1) is 13.8 Å². The third kappa shape index (κ3) is 4.03. The Balaban J connectivity index is 1.82. The van der Waals surface area contributed by atoms with Crippen molar-refractivity contribution in [2.45, 2.75) is 20.4 Å². The molecule has 7 nitrogen and oxygen atoms in total. The van der Waals surface area contributed by atoms with Crippen molar-refractivity contribution in [1.82, 2.24) is 15.1 Å². The summed E-state index contributed by atoms with van der Waals surface area (Å²) in [6.07, 6.45) is 0. The number of hydrogen-bond donors (Lipinski definition) is 1. The summed E-state index contributed by atoms with van der Waals surface area (Å²) in [5.74, 6) is 1.07. The molecule has 1 N–H and O–H groups in total. The molecule has 0 fully saturated rings. The summed E-state index contributed by atoms with van der Waals surface area (Å²) in [6, 6.07) is 13.2. The van der Waals surface area contributed by atoms with Crippen LogP contribution in [0.1, 0.15) is 27.3 Å². The Kier molecular flexibility index (Phi) is 6.07. The van der Waals surface area contributed by atoms with Gasteiger partial charge in [-0.2, -0.15) is 5.10 Å². The lowest BCUT2D eigenvalue weighted by Crippen LogP contribution is -2.23. The number of carbonyl (C=O) groups excluding carboxylic acids is 1. The molecule has 3 rings (SSSR count). The van der Waals surface area contributed by atoms with Crippen LogP contribution in [-0.4, -0.2) is 37.0 Å². The zero-order valence-corrected chi connectivity index (χ0v) is 17.3. The molecule has 3 aromatic rings. The van der Waals surface area contributed by atoms with E-state index in [0.29, 0.717) is 29.4 Å². The van der Waals surface area contributed by atoms with Crippen molar-refractivity contribution in [3.63, 3.8) is 0 Å². The fourth-order valence-corrected chi connectivity index (χ4v) is 3.23. The van der Waals surface area contributed by atoms with Crippen molar-refractivity contribution in [2.24, 2.45) is 0 Å². The van der Waals surface area contributed by atoms with Gasteiger partial charge in [-0.1, -0.05) is 18.2 Å². The Morgan fingerprint density at radius 1 is 1.00 bits per heavy atom. The van der Waals surface area contributed by atoms with Crippen LogP contribution in [-0.2, 0) is 6.54 Å². The van der Waals surface area contributed by atoms with E-state index in [-0.39, 0.29) is 5.91 Å². The van der Waals surface area contributed by atoms with Crippen LogP contribution in [0.2, 0.25) is 0 Å². The Labute approximate surface area is 170 Å². The number of aryl methyl sites for hydroxylation is 1. The second kappa shape index (κ2) is 8.68. The van der Waals surface area contributed by atoms with E-state index in [1.807, 2.05) is 48.9 Å². The molecule has 0 aliphatic rings. The normalized spacial score (nSPS) is 10.5. The molecule has 0 spiro atoms. The molecule has 1 heterocycles. The SMILES string of the molecule is COc1cc(C(=O)NCc2c(C)nn(-c3ccccc3)c2C)cc(OC)c1OC. The number of hydrogen-bond acceptors (Lipinski definition) is 5. The number of nitrogens with one attached hydrogen (secondary N) is 1. The number of carbonyl (C=O) groups is 1. The van der Waals surface area contributed by atoms with Gasteiger partial charge in [0.2, 0.25) is 5.75 Å². The highest BCUT2D eigenvalue weighted by Gasteiger charge is 2.18. The third-order valence-corrected chi connectivity index (χ3v) is 4.79. The van der Waals surface area contributed by atoms with Crippen LogP contribution in [0.3, 0.4) is 0 Å². The standard InChI is InChI=1S/C22H25N3O4/c1-14-18(15(2)25(24-14)17-9-7-6-8-10-17)13-23-22(26)16-11-19(27-3)21(29-5)20(12-16)28-4/h6-12H,13H2,1-5H3,(H,23,26). The molecule has 0 aliphatic heterocycles. The first-order valence-corrected chi connectivity index (χ1v) is 9.18. The van der Waals surface area contributed by atoms with Crippen molar-refractivity contribution in [2.75, 3.05) is 21.3 Å². The number of ether oxygens (including phenoxy) is 3. The summed E-state index contributed by atoms with van der Waals surface area (Å²) in [7, 11) is 4.56. The predicted molar refractivity (Wildman–Crippen MR) is 110 cm³/mol. The molecule has 1 amide bonds. The second-order valence-corrected chi connectivity index (χ2v) is 6.49. The van der Waals surface area contributed by atoms with E-state index >= 15 is 0 Å². The van der Waals surface area contributed by atoms with Gasteiger partial charge in [-0.25, -0.2) is 4.68 Å². The molecule has 29 heavy (non-hydrogen) atoms. The quantitative estimate of drug-likeness (QED) is 0.663. The highest BCUT2D eigenvalue weighted by Crippen LogP contribution is 2.38. The molecule has 1 aromatic heterocycles. The molecule has 0 radical (unpaired) electrons. The highest BCUT2D eigenvalue weighted by molar-refractivity contribution is 5.95. The molecule has 2 aromatic carbocycles. The maximum absolute atomic E-state index is 12.8. The average Bonchev–Trinajstić information content (AvgIpc) is 3.04. The lowest BCUT2D eigenvalue weighted by Gasteiger charge is -2.14. The number of rotatable bonds is 7. The number of amides is 1. The van der Waals surface area contributed by atoms with Gasteiger partial charge in [0.05, 0.1) is 32.7 Å². The zero-order valence-electron chi connectivity index (χ0n) is 17.3. The summed E-state index contributed by atoms with van der Waals surface area (Å²) in [4.78, 5) is 12.8. The van der Waals surface area contributed by atoms with Crippen molar-refractivity contribution in [3.8, 4) is 22.9 Å².